The van der Waals surface area contributed by atoms with Gasteiger partial charge in [-0.2, -0.15) is 0 Å². The normalized spacial score (nSPS) is 21.0. The Morgan fingerprint density at radius 2 is 2.10 bits per heavy atom. The molecule has 114 valence electrons. The molecule has 1 saturated carbocycles. The Labute approximate surface area is 124 Å². The Balaban J connectivity index is 1.84. The number of carbonyl (C=O) groups is 2. The van der Waals surface area contributed by atoms with Crippen LogP contribution in [0, 0.1) is 11.8 Å². The van der Waals surface area contributed by atoms with Crippen molar-refractivity contribution < 1.29 is 19.4 Å². The van der Waals surface area contributed by atoms with Gasteiger partial charge in [0.05, 0.1) is 12.5 Å². The fourth-order valence-corrected chi connectivity index (χ4v) is 2.69. The maximum absolute atomic E-state index is 12.1. The van der Waals surface area contributed by atoms with Crippen LogP contribution in [0.4, 0.5) is 0 Å². The molecule has 1 aliphatic rings. The summed E-state index contributed by atoms with van der Waals surface area (Å²) >= 11 is 0. The van der Waals surface area contributed by atoms with E-state index in [-0.39, 0.29) is 17.7 Å². The second kappa shape index (κ2) is 7.11. The number of benzene rings is 1. The Morgan fingerprint density at radius 3 is 2.76 bits per heavy atom. The molecule has 2 atom stereocenters. The van der Waals surface area contributed by atoms with Crippen molar-refractivity contribution in [1.29, 1.82) is 0 Å². The van der Waals surface area contributed by atoms with Gasteiger partial charge in [0.2, 0.25) is 5.91 Å². The summed E-state index contributed by atoms with van der Waals surface area (Å²) in [4.78, 5) is 23.0. The zero-order valence-electron chi connectivity index (χ0n) is 12.2. The van der Waals surface area contributed by atoms with E-state index in [1.54, 1.807) is 0 Å². The molecule has 0 unspecified atom stereocenters. The van der Waals surface area contributed by atoms with Crippen molar-refractivity contribution in [1.82, 2.24) is 5.32 Å². The molecule has 1 aromatic rings. The number of carbonyl (C=O) groups excluding carboxylic acids is 1. The van der Waals surface area contributed by atoms with E-state index in [0.717, 1.165) is 11.3 Å². The third-order valence-electron chi connectivity index (χ3n) is 3.83. The third kappa shape index (κ3) is 4.21. The first-order valence-electron chi connectivity index (χ1n) is 7.32. The molecule has 0 heterocycles. The first kappa shape index (κ1) is 15.4. The van der Waals surface area contributed by atoms with Crippen molar-refractivity contribution in [2.45, 2.75) is 32.7 Å². The number of carboxylic acid groups (broad SMARTS) is 1. The molecule has 1 aromatic carbocycles. The zero-order chi connectivity index (χ0) is 15.2. The molecule has 1 amide bonds. The van der Waals surface area contributed by atoms with Crippen LogP contribution in [0.15, 0.2) is 24.3 Å². The third-order valence-corrected chi connectivity index (χ3v) is 3.83. The van der Waals surface area contributed by atoms with Gasteiger partial charge in [0.25, 0.3) is 0 Å². The Hall–Kier alpha value is -2.04. The summed E-state index contributed by atoms with van der Waals surface area (Å²) in [5.41, 5.74) is 0.974. The van der Waals surface area contributed by atoms with E-state index in [1.807, 2.05) is 31.2 Å². The van der Waals surface area contributed by atoms with E-state index >= 15 is 0 Å². The maximum atomic E-state index is 12.1. The highest BCUT2D eigenvalue weighted by Gasteiger charge is 2.33. The van der Waals surface area contributed by atoms with Crippen LogP contribution >= 0.6 is 0 Å². The summed E-state index contributed by atoms with van der Waals surface area (Å²) in [7, 11) is 0. The van der Waals surface area contributed by atoms with Crippen LogP contribution in [-0.2, 0) is 16.1 Å². The molecule has 1 aliphatic carbocycles. The minimum Gasteiger partial charge on any atom is -0.494 e. The smallest absolute Gasteiger partial charge is 0.306 e. The predicted molar refractivity (Wildman–Crippen MR) is 77.9 cm³/mol. The predicted octanol–water partition coefficient (Wildman–Crippen LogP) is 2.20. The summed E-state index contributed by atoms with van der Waals surface area (Å²) in [6, 6.07) is 7.60. The highest BCUT2D eigenvalue weighted by molar-refractivity contribution is 5.80. The highest BCUT2D eigenvalue weighted by atomic mass is 16.5. The number of hydrogen-bond acceptors (Lipinski definition) is 3. The molecule has 0 aromatic heterocycles. The lowest BCUT2D eigenvalue weighted by Crippen LogP contribution is -2.29. The topological polar surface area (TPSA) is 75.6 Å². The maximum Gasteiger partial charge on any atom is 0.306 e. The molecule has 21 heavy (non-hydrogen) atoms. The number of hydrogen-bond donors (Lipinski definition) is 2. The zero-order valence-corrected chi connectivity index (χ0v) is 12.2. The van der Waals surface area contributed by atoms with Gasteiger partial charge < -0.3 is 15.2 Å². The molecule has 0 bridgehead atoms. The molecule has 0 saturated heterocycles. The fourth-order valence-electron chi connectivity index (χ4n) is 2.69. The molecule has 0 spiro atoms. The van der Waals surface area contributed by atoms with E-state index in [2.05, 4.69) is 5.32 Å². The Kier molecular flexibility index (Phi) is 5.20. The summed E-state index contributed by atoms with van der Waals surface area (Å²) < 4.78 is 5.42. The lowest BCUT2D eigenvalue weighted by atomic mass is 10.0. The first-order valence-corrected chi connectivity index (χ1v) is 7.32. The van der Waals surface area contributed by atoms with Crippen molar-refractivity contribution in [2.75, 3.05) is 6.61 Å². The molecule has 1 fully saturated rings. The average molecular weight is 291 g/mol. The molecule has 0 radical (unpaired) electrons. The van der Waals surface area contributed by atoms with Crippen LogP contribution < -0.4 is 10.1 Å². The standard InChI is InChI=1S/C16H21NO4/c1-2-21-14-5-3-4-11(8-14)10-17-15(18)12-6-7-13(9-12)16(19)20/h3-5,8,12-13H,2,6-7,9-10H2,1H3,(H,17,18)(H,19,20)/t12-,13+/m1/s1. The van der Waals surface area contributed by atoms with Crippen LogP contribution in [0.1, 0.15) is 31.7 Å². The summed E-state index contributed by atoms with van der Waals surface area (Å²) in [6.07, 6.45) is 1.69. The first-order chi connectivity index (χ1) is 10.1. The van der Waals surface area contributed by atoms with Crippen LogP contribution in [0.25, 0.3) is 0 Å². The van der Waals surface area contributed by atoms with Gasteiger partial charge in [-0.1, -0.05) is 12.1 Å². The number of carboxylic acids is 1. The molecule has 5 heteroatoms. The van der Waals surface area contributed by atoms with Crippen molar-refractivity contribution >= 4 is 11.9 Å². The van der Waals surface area contributed by atoms with E-state index in [0.29, 0.717) is 32.4 Å². The van der Waals surface area contributed by atoms with Gasteiger partial charge in [0, 0.05) is 12.5 Å². The minimum absolute atomic E-state index is 0.0550. The summed E-state index contributed by atoms with van der Waals surface area (Å²) in [5.74, 6) is -0.616. The van der Waals surface area contributed by atoms with Crippen LogP contribution in [0.2, 0.25) is 0 Å². The number of rotatable bonds is 6. The van der Waals surface area contributed by atoms with Gasteiger partial charge in [-0.05, 0) is 43.9 Å². The van der Waals surface area contributed by atoms with Gasteiger partial charge in [0.1, 0.15) is 5.75 Å². The SMILES string of the molecule is CCOc1cccc(CNC(=O)[C@@H]2CC[C@H](C(=O)O)C2)c1. The Bertz CT molecular complexity index is 515. The van der Waals surface area contributed by atoms with E-state index in [4.69, 9.17) is 9.84 Å². The van der Waals surface area contributed by atoms with Gasteiger partial charge in [0.15, 0.2) is 0 Å². The van der Waals surface area contributed by atoms with Crippen molar-refractivity contribution in [3.8, 4) is 5.75 Å². The molecule has 2 N–H and O–H groups in total. The van der Waals surface area contributed by atoms with Crippen LogP contribution in [-0.4, -0.2) is 23.6 Å². The van der Waals surface area contributed by atoms with E-state index in [9.17, 15) is 9.59 Å². The molecule has 5 nitrogen and oxygen atoms in total. The summed E-state index contributed by atoms with van der Waals surface area (Å²) in [6.45, 7) is 2.97. The van der Waals surface area contributed by atoms with Gasteiger partial charge in [-0.3, -0.25) is 9.59 Å². The van der Waals surface area contributed by atoms with E-state index in [1.165, 1.54) is 0 Å². The lowest BCUT2D eigenvalue weighted by Gasteiger charge is -2.11. The monoisotopic (exact) mass is 291 g/mol. The van der Waals surface area contributed by atoms with Crippen molar-refractivity contribution in [3.63, 3.8) is 0 Å². The van der Waals surface area contributed by atoms with Crippen molar-refractivity contribution in [2.24, 2.45) is 11.8 Å². The Morgan fingerprint density at radius 1 is 1.33 bits per heavy atom. The van der Waals surface area contributed by atoms with Crippen molar-refractivity contribution in [3.05, 3.63) is 29.8 Å². The number of amides is 1. The molecular weight excluding hydrogens is 270 g/mol. The summed E-state index contributed by atoms with van der Waals surface area (Å²) in [5, 5.41) is 11.8. The van der Waals surface area contributed by atoms with Gasteiger partial charge in [-0.25, -0.2) is 0 Å². The quantitative estimate of drug-likeness (QED) is 0.842. The van der Waals surface area contributed by atoms with Crippen LogP contribution in [0.5, 0.6) is 5.75 Å². The fraction of sp³-hybridized carbons (Fsp3) is 0.500. The second-order valence-corrected chi connectivity index (χ2v) is 5.34. The minimum atomic E-state index is -0.797. The number of ether oxygens (including phenoxy) is 1. The number of aliphatic carboxylic acids is 1. The lowest BCUT2D eigenvalue weighted by molar-refractivity contribution is -0.141. The van der Waals surface area contributed by atoms with Crippen LogP contribution in [0.3, 0.4) is 0 Å². The highest BCUT2D eigenvalue weighted by Crippen LogP contribution is 2.31. The second-order valence-electron chi connectivity index (χ2n) is 5.34. The van der Waals surface area contributed by atoms with E-state index < -0.39 is 5.97 Å². The molecule has 0 aliphatic heterocycles. The average Bonchev–Trinajstić information content (AvgIpc) is 2.96. The molecule has 2 rings (SSSR count). The largest absolute Gasteiger partial charge is 0.494 e. The van der Waals surface area contributed by atoms with Gasteiger partial charge in [-0.15, -0.1) is 0 Å². The molecular formula is C16H21NO4. The van der Waals surface area contributed by atoms with Gasteiger partial charge >= 0.3 is 5.97 Å². The number of nitrogens with one attached hydrogen (secondary N) is 1.